The van der Waals surface area contributed by atoms with Gasteiger partial charge in [0.15, 0.2) is 13.2 Å². The van der Waals surface area contributed by atoms with Crippen molar-refractivity contribution in [2.24, 2.45) is 0 Å². The highest BCUT2D eigenvalue weighted by molar-refractivity contribution is 6.00. The van der Waals surface area contributed by atoms with Gasteiger partial charge in [-0.3, -0.25) is 4.79 Å². The van der Waals surface area contributed by atoms with Crippen LogP contribution in [-0.4, -0.2) is 51.2 Å². The Morgan fingerprint density at radius 1 is 0.853 bits per heavy atom. The molecule has 1 heterocycles. The first-order valence-corrected chi connectivity index (χ1v) is 9.73. The largest absolute Gasteiger partial charge is 0.482 e. The van der Waals surface area contributed by atoms with Crippen molar-refractivity contribution in [1.82, 2.24) is 0 Å². The van der Waals surface area contributed by atoms with Crippen molar-refractivity contribution in [1.29, 1.82) is 0 Å². The van der Waals surface area contributed by atoms with Crippen molar-refractivity contribution in [2.45, 2.75) is 0 Å². The van der Waals surface area contributed by atoms with Crippen LogP contribution in [0.2, 0.25) is 0 Å². The first-order chi connectivity index (χ1) is 16.3. The fourth-order valence-corrected chi connectivity index (χ4v) is 2.83. The lowest BCUT2D eigenvalue weighted by Gasteiger charge is -2.10. The maximum Gasteiger partial charge on any atom is 0.344 e. The molecule has 0 aliphatic carbocycles. The highest BCUT2D eigenvalue weighted by Gasteiger charge is 2.16. The Morgan fingerprint density at radius 3 is 2.15 bits per heavy atom. The Morgan fingerprint density at radius 2 is 1.50 bits per heavy atom. The summed E-state index contributed by atoms with van der Waals surface area (Å²) in [7, 11) is 2.33. The zero-order valence-corrected chi connectivity index (χ0v) is 18.1. The topological polar surface area (TPSA) is 147 Å². The molecule has 0 radical (unpaired) electrons. The SMILES string of the molecule is COC(=O)c1cc(NC(=O)COC(=O)COc2ccc3ccc(=O)oc3c2)cc(C(=O)OC)c1. The summed E-state index contributed by atoms with van der Waals surface area (Å²) < 4.78 is 24.5. The highest BCUT2D eigenvalue weighted by Crippen LogP contribution is 2.20. The summed E-state index contributed by atoms with van der Waals surface area (Å²) >= 11 is 0. The van der Waals surface area contributed by atoms with Crippen molar-refractivity contribution in [3.8, 4) is 5.75 Å². The zero-order chi connectivity index (χ0) is 24.7. The van der Waals surface area contributed by atoms with Crippen molar-refractivity contribution in [2.75, 3.05) is 32.8 Å². The molecule has 11 heteroatoms. The Bertz CT molecular complexity index is 1280. The summed E-state index contributed by atoms with van der Waals surface area (Å²) in [6.45, 7) is -1.15. The third kappa shape index (κ3) is 6.19. The van der Waals surface area contributed by atoms with Crippen LogP contribution in [-0.2, 0) is 23.8 Å². The fraction of sp³-hybridized carbons (Fsp3) is 0.174. The summed E-state index contributed by atoms with van der Waals surface area (Å²) in [5, 5.41) is 3.10. The molecule has 1 amide bonds. The van der Waals surface area contributed by atoms with Gasteiger partial charge in [-0.15, -0.1) is 0 Å². The van der Waals surface area contributed by atoms with E-state index in [1.54, 1.807) is 18.2 Å². The van der Waals surface area contributed by atoms with Crippen molar-refractivity contribution in [3.05, 3.63) is 70.1 Å². The second-order valence-electron chi connectivity index (χ2n) is 6.73. The Kier molecular flexibility index (Phi) is 7.60. The van der Waals surface area contributed by atoms with E-state index in [9.17, 15) is 24.0 Å². The normalized spacial score (nSPS) is 10.3. The van der Waals surface area contributed by atoms with Crippen LogP contribution in [0.5, 0.6) is 5.75 Å². The van der Waals surface area contributed by atoms with Crippen LogP contribution in [0, 0.1) is 0 Å². The summed E-state index contributed by atoms with van der Waals surface area (Å²) in [5.41, 5.74) is -0.114. The second kappa shape index (κ2) is 10.8. The number of carbonyl (C=O) groups is 4. The van der Waals surface area contributed by atoms with Gasteiger partial charge >= 0.3 is 23.5 Å². The molecule has 1 aromatic heterocycles. The third-order valence-corrected chi connectivity index (χ3v) is 4.37. The maximum atomic E-state index is 12.2. The first kappa shape index (κ1) is 24.0. The standard InChI is InChI=1S/C23H19NO10/c1-30-22(28)14-7-15(23(29)31-2)9-16(8-14)24-19(25)11-33-21(27)12-32-17-5-3-13-4-6-20(26)34-18(13)10-17/h3-10H,11-12H2,1-2H3,(H,24,25). The van der Waals surface area contributed by atoms with Crippen LogP contribution in [0.15, 0.2) is 57.7 Å². The van der Waals surface area contributed by atoms with E-state index in [1.807, 2.05) is 0 Å². The summed E-state index contributed by atoms with van der Waals surface area (Å²) in [5.74, 6) is -2.74. The molecule has 0 saturated heterocycles. The predicted molar refractivity (Wildman–Crippen MR) is 117 cm³/mol. The van der Waals surface area contributed by atoms with Gasteiger partial charge in [0.25, 0.3) is 5.91 Å². The number of benzene rings is 2. The first-order valence-electron chi connectivity index (χ1n) is 9.73. The number of amides is 1. The Labute approximate surface area is 192 Å². The van der Waals surface area contributed by atoms with E-state index in [1.165, 1.54) is 44.6 Å². The van der Waals surface area contributed by atoms with E-state index in [0.29, 0.717) is 11.0 Å². The molecule has 11 nitrogen and oxygen atoms in total. The van der Waals surface area contributed by atoms with Gasteiger partial charge in [0, 0.05) is 23.2 Å². The number of nitrogens with one attached hydrogen (secondary N) is 1. The number of anilines is 1. The van der Waals surface area contributed by atoms with Gasteiger partial charge in [-0.25, -0.2) is 19.2 Å². The molecular weight excluding hydrogens is 450 g/mol. The van der Waals surface area contributed by atoms with Gasteiger partial charge in [-0.05, 0) is 36.4 Å². The van der Waals surface area contributed by atoms with Crippen LogP contribution in [0.3, 0.4) is 0 Å². The fourth-order valence-electron chi connectivity index (χ4n) is 2.83. The van der Waals surface area contributed by atoms with Gasteiger partial charge in [0.1, 0.15) is 11.3 Å². The van der Waals surface area contributed by atoms with Crippen LogP contribution in [0.1, 0.15) is 20.7 Å². The lowest BCUT2D eigenvalue weighted by atomic mass is 10.1. The van der Waals surface area contributed by atoms with Gasteiger partial charge in [-0.1, -0.05) is 0 Å². The highest BCUT2D eigenvalue weighted by atomic mass is 16.6. The number of hydrogen-bond donors (Lipinski definition) is 1. The van der Waals surface area contributed by atoms with Crippen molar-refractivity contribution >= 4 is 40.5 Å². The molecule has 1 N–H and O–H groups in total. The molecule has 176 valence electrons. The van der Waals surface area contributed by atoms with Gasteiger partial charge in [0.2, 0.25) is 0 Å². The van der Waals surface area contributed by atoms with E-state index in [4.69, 9.17) is 13.9 Å². The molecule has 0 fully saturated rings. The number of rotatable bonds is 8. The van der Waals surface area contributed by atoms with Crippen LogP contribution in [0.4, 0.5) is 5.69 Å². The van der Waals surface area contributed by atoms with E-state index < -0.39 is 42.7 Å². The minimum absolute atomic E-state index is 0.0114. The predicted octanol–water partition coefficient (Wildman–Crippen LogP) is 1.93. The van der Waals surface area contributed by atoms with Crippen LogP contribution < -0.4 is 15.7 Å². The van der Waals surface area contributed by atoms with Crippen molar-refractivity contribution in [3.63, 3.8) is 0 Å². The monoisotopic (exact) mass is 469 g/mol. The van der Waals surface area contributed by atoms with Crippen LogP contribution >= 0.6 is 0 Å². The summed E-state index contributed by atoms with van der Waals surface area (Å²) in [6.07, 6.45) is 0. The number of fused-ring (bicyclic) bond motifs is 1. The molecule has 0 atom stereocenters. The van der Waals surface area contributed by atoms with Crippen LogP contribution in [0.25, 0.3) is 11.0 Å². The molecule has 0 saturated carbocycles. The van der Waals surface area contributed by atoms with Gasteiger partial charge in [-0.2, -0.15) is 0 Å². The van der Waals surface area contributed by atoms with E-state index in [-0.39, 0.29) is 22.6 Å². The average Bonchev–Trinajstić information content (AvgIpc) is 2.84. The number of esters is 3. The van der Waals surface area contributed by atoms with Gasteiger partial charge in [0.05, 0.1) is 25.3 Å². The quantitative estimate of drug-likeness (QED) is 0.295. The zero-order valence-electron chi connectivity index (χ0n) is 18.1. The molecule has 0 unspecified atom stereocenters. The molecule has 3 rings (SSSR count). The molecule has 3 aromatic rings. The van der Waals surface area contributed by atoms with E-state index in [2.05, 4.69) is 14.8 Å². The third-order valence-electron chi connectivity index (χ3n) is 4.37. The van der Waals surface area contributed by atoms with E-state index in [0.717, 1.165) is 0 Å². The lowest BCUT2D eigenvalue weighted by Crippen LogP contribution is -2.24. The minimum Gasteiger partial charge on any atom is -0.482 e. The second-order valence-corrected chi connectivity index (χ2v) is 6.73. The summed E-state index contributed by atoms with van der Waals surface area (Å²) in [4.78, 5) is 59.0. The molecular formula is C23H19NO10. The number of methoxy groups -OCH3 is 2. The number of carbonyl (C=O) groups excluding carboxylic acids is 4. The van der Waals surface area contributed by atoms with Gasteiger partial charge < -0.3 is 28.7 Å². The molecule has 0 spiro atoms. The Balaban J connectivity index is 1.56. The summed E-state index contributed by atoms with van der Waals surface area (Å²) in [6, 6.07) is 11.4. The minimum atomic E-state index is -0.830. The average molecular weight is 469 g/mol. The van der Waals surface area contributed by atoms with Crippen molar-refractivity contribution < 1.29 is 42.5 Å². The molecule has 2 aromatic carbocycles. The lowest BCUT2D eigenvalue weighted by molar-refractivity contribution is -0.149. The number of hydrogen-bond acceptors (Lipinski definition) is 10. The molecule has 34 heavy (non-hydrogen) atoms. The van der Waals surface area contributed by atoms with E-state index >= 15 is 0 Å². The Hall–Kier alpha value is -4.67. The molecule has 0 aliphatic rings. The molecule has 0 aliphatic heterocycles. The maximum absolute atomic E-state index is 12.2. The smallest absolute Gasteiger partial charge is 0.344 e. The number of ether oxygens (including phenoxy) is 4. The molecule has 0 bridgehead atoms.